The molecule has 0 aromatic carbocycles. The summed E-state index contributed by atoms with van der Waals surface area (Å²) in [7, 11) is 2.10. The van der Waals surface area contributed by atoms with Gasteiger partial charge in [0.25, 0.3) is 0 Å². The minimum Gasteiger partial charge on any atom is -0.314 e. The Morgan fingerprint density at radius 1 is 0.938 bits per heavy atom. The maximum atomic E-state index is 3.46. The van der Waals surface area contributed by atoms with Crippen molar-refractivity contribution in [3.8, 4) is 0 Å². The molecule has 0 aromatic rings. The molecule has 0 spiro atoms. The minimum atomic E-state index is 0.393. The SMILES string of the molecule is CNC1(C)CCN(CCN2CCCC2)CC1. The molecule has 3 heteroatoms. The first kappa shape index (κ1) is 12.3. The molecule has 2 aliphatic rings. The zero-order chi connectivity index (χ0) is 11.4. The molecule has 2 rings (SSSR count). The maximum absolute atomic E-state index is 3.46. The number of nitrogens with one attached hydrogen (secondary N) is 1. The van der Waals surface area contributed by atoms with Crippen molar-refractivity contribution in [3.63, 3.8) is 0 Å². The lowest BCUT2D eigenvalue weighted by Gasteiger charge is -2.39. The van der Waals surface area contributed by atoms with Crippen LogP contribution in [0.3, 0.4) is 0 Å². The highest BCUT2D eigenvalue weighted by atomic mass is 15.2. The predicted octanol–water partition coefficient (Wildman–Crippen LogP) is 1.16. The van der Waals surface area contributed by atoms with Gasteiger partial charge < -0.3 is 15.1 Å². The van der Waals surface area contributed by atoms with Gasteiger partial charge in [-0.15, -0.1) is 0 Å². The fourth-order valence-electron chi connectivity index (χ4n) is 2.81. The van der Waals surface area contributed by atoms with Crippen molar-refractivity contribution in [1.82, 2.24) is 15.1 Å². The fraction of sp³-hybridized carbons (Fsp3) is 1.00. The Labute approximate surface area is 100 Å². The van der Waals surface area contributed by atoms with Crippen molar-refractivity contribution in [2.24, 2.45) is 0 Å². The largest absolute Gasteiger partial charge is 0.314 e. The summed E-state index contributed by atoms with van der Waals surface area (Å²) in [6, 6.07) is 0. The van der Waals surface area contributed by atoms with E-state index < -0.39 is 0 Å². The Hall–Kier alpha value is -0.120. The molecule has 3 nitrogen and oxygen atoms in total. The third kappa shape index (κ3) is 3.19. The number of rotatable bonds is 4. The summed E-state index contributed by atoms with van der Waals surface area (Å²) in [5.41, 5.74) is 0.393. The maximum Gasteiger partial charge on any atom is 0.0174 e. The van der Waals surface area contributed by atoms with E-state index in [0.717, 1.165) is 0 Å². The van der Waals surface area contributed by atoms with Gasteiger partial charge in [0.1, 0.15) is 0 Å². The quantitative estimate of drug-likeness (QED) is 0.774. The van der Waals surface area contributed by atoms with Gasteiger partial charge in [0, 0.05) is 18.6 Å². The van der Waals surface area contributed by atoms with E-state index in [9.17, 15) is 0 Å². The smallest absolute Gasteiger partial charge is 0.0174 e. The Morgan fingerprint density at radius 3 is 1.94 bits per heavy atom. The van der Waals surface area contributed by atoms with Crippen molar-refractivity contribution >= 4 is 0 Å². The van der Waals surface area contributed by atoms with Gasteiger partial charge in [0.05, 0.1) is 0 Å². The van der Waals surface area contributed by atoms with Crippen molar-refractivity contribution in [1.29, 1.82) is 0 Å². The van der Waals surface area contributed by atoms with Gasteiger partial charge in [-0.1, -0.05) is 0 Å². The van der Waals surface area contributed by atoms with E-state index in [2.05, 4.69) is 29.1 Å². The molecule has 1 N–H and O–H groups in total. The van der Waals surface area contributed by atoms with Crippen molar-refractivity contribution < 1.29 is 0 Å². The monoisotopic (exact) mass is 225 g/mol. The van der Waals surface area contributed by atoms with E-state index in [1.165, 1.54) is 65.0 Å². The van der Waals surface area contributed by atoms with Crippen LogP contribution in [-0.4, -0.2) is 61.7 Å². The molecule has 0 bridgehead atoms. The summed E-state index contributed by atoms with van der Waals surface area (Å²) in [6.45, 7) is 10.1. The summed E-state index contributed by atoms with van der Waals surface area (Å²) >= 11 is 0. The average Bonchev–Trinajstić information content (AvgIpc) is 2.81. The van der Waals surface area contributed by atoms with Gasteiger partial charge in [-0.3, -0.25) is 0 Å². The number of hydrogen-bond donors (Lipinski definition) is 1. The molecule has 0 amide bonds. The van der Waals surface area contributed by atoms with Gasteiger partial charge in [-0.05, 0) is 65.8 Å². The predicted molar refractivity (Wildman–Crippen MR) is 68.8 cm³/mol. The van der Waals surface area contributed by atoms with Gasteiger partial charge in [0.15, 0.2) is 0 Å². The first-order chi connectivity index (χ1) is 7.72. The third-order valence-corrected chi connectivity index (χ3v) is 4.49. The van der Waals surface area contributed by atoms with Gasteiger partial charge in [-0.25, -0.2) is 0 Å². The summed E-state index contributed by atoms with van der Waals surface area (Å²) < 4.78 is 0. The lowest BCUT2D eigenvalue weighted by Crippen LogP contribution is -2.51. The lowest BCUT2D eigenvalue weighted by atomic mass is 9.90. The average molecular weight is 225 g/mol. The van der Waals surface area contributed by atoms with Gasteiger partial charge in [-0.2, -0.15) is 0 Å². The van der Waals surface area contributed by atoms with E-state index in [0.29, 0.717) is 5.54 Å². The van der Waals surface area contributed by atoms with Crippen molar-refractivity contribution in [2.75, 3.05) is 46.3 Å². The highest BCUT2D eigenvalue weighted by Crippen LogP contribution is 2.20. The molecule has 0 aromatic heterocycles. The second-order valence-corrected chi connectivity index (χ2v) is 5.70. The highest BCUT2D eigenvalue weighted by Gasteiger charge is 2.28. The Bertz CT molecular complexity index is 203. The molecule has 94 valence electrons. The van der Waals surface area contributed by atoms with E-state index in [4.69, 9.17) is 0 Å². The molecule has 0 saturated carbocycles. The van der Waals surface area contributed by atoms with Crippen LogP contribution in [0.15, 0.2) is 0 Å². The molecule has 0 aliphatic carbocycles. The van der Waals surface area contributed by atoms with E-state index in [-0.39, 0.29) is 0 Å². The van der Waals surface area contributed by atoms with Crippen LogP contribution in [0.5, 0.6) is 0 Å². The number of nitrogens with zero attached hydrogens (tertiary/aromatic N) is 2. The molecule has 0 unspecified atom stereocenters. The minimum absolute atomic E-state index is 0.393. The van der Waals surface area contributed by atoms with E-state index in [1.54, 1.807) is 0 Å². The second-order valence-electron chi connectivity index (χ2n) is 5.70. The molecule has 0 atom stereocenters. The van der Waals surface area contributed by atoms with Crippen LogP contribution in [0, 0.1) is 0 Å². The number of hydrogen-bond acceptors (Lipinski definition) is 3. The molecular weight excluding hydrogens is 198 g/mol. The van der Waals surface area contributed by atoms with Crippen LogP contribution in [0.2, 0.25) is 0 Å². The molecule has 16 heavy (non-hydrogen) atoms. The van der Waals surface area contributed by atoms with Crippen LogP contribution in [0.25, 0.3) is 0 Å². The third-order valence-electron chi connectivity index (χ3n) is 4.49. The zero-order valence-corrected chi connectivity index (χ0v) is 11.0. The summed E-state index contributed by atoms with van der Waals surface area (Å²) in [4.78, 5) is 5.25. The van der Waals surface area contributed by atoms with E-state index in [1.807, 2.05) is 0 Å². The lowest BCUT2D eigenvalue weighted by molar-refractivity contribution is 0.139. The van der Waals surface area contributed by atoms with Gasteiger partial charge in [0.2, 0.25) is 0 Å². The highest BCUT2D eigenvalue weighted by molar-refractivity contribution is 4.88. The van der Waals surface area contributed by atoms with Crippen LogP contribution in [0.1, 0.15) is 32.6 Å². The standard InChI is InChI=1S/C13H27N3/c1-13(14-2)5-9-16(10-6-13)12-11-15-7-3-4-8-15/h14H,3-12H2,1-2H3. The molecule has 2 heterocycles. The Balaban J connectivity index is 1.65. The van der Waals surface area contributed by atoms with Crippen molar-refractivity contribution in [3.05, 3.63) is 0 Å². The van der Waals surface area contributed by atoms with E-state index >= 15 is 0 Å². The summed E-state index contributed by atoms with van der Waals surface area (Å²) in [5.74, 6) is 0. The van der Waals surface area contributed by atoms with Crippen LogP contribution < -0.4 is 5.32 Å². The zero-order valence-electron chi connectivity index (χ0n) is 11.0. The first-order valence-electron chi connectivity index (χ1n) is 6.85. The fourth-order valence-corrected chi connectivity index (χ4v) is 2.81. The van der Waals surface area contributed by atoms with Crippen LogP contribution >= 0.6 is 0 Å². The van der Waals surface area contributed by atoms with Crippen molar-refractivity contribution in [2.45, 2.75) is 38.1 Å². The first-order valence-corrected chi connectivity index (χ1v) is 6.85. The molecule has 2 saturated heterocycles. The molecular formula is C13H27N3. The second kappa shape index (κ2) is 5.48. The van der Waals surface area contributed by atoms with Crippen LogP contribution in [-0.2, 0) is 0 Å². The molecule has 2 fully saturated rings. The summed E-state index contributed by atoms with van der Waals surface area (Å²) in [5, 5.41) is 3.46. The number of likely N-dealkylation sites (tertiary alicyclic amines) is 2. The summed E-state index contributed by atoms with van der Waals surface area (Å²) in [6.07, 6.45) is 5.42. The molecule has 0 radical (unpaired) electrons. The Kier molecular flexibility index (Phi) is 4.22. The number of piperidine rings is 1. The Morgan fingerprint density at radius 2 is 1.44 bits per heavy atom. The molecule has 2 aliphatic heterocycles. The van der Waals surface area contributed by atoms with Gasteiger partial charge >= 0.3 is 0 Å². The van der Waals surface area contributed by atoms with Crippen LogP contribution in [0.4, 0.5) is 0 Å². The topological polar surface area (TPSA) is 18.5 Å². The normalized spacial score (nSPS) is 27.4.